The van der Waals surface area contributed by atoms with Crippen LogP contribution in [-0.4, -0.2) is 16.2 Å². The molecule has 3 heteroatoms. The molecule has 1 N–H and O–H groups in total. The van der Waals surface area contributed by atoms with E-state index in [-0.39, 0.29) is 0 Å². The molecule has 2 rings (SSSR count). The zero-order chi connectivity index (χ0) is 10.5. The molecule has 2 aromatic heterocycles. The third kappa shape index (κ3) is 2.92. The fourth-order valence-corrected chi connectivity index (χ4v) is 1.52. The molecule has 0 saturated carbocycles. The van der Waals surface area contributed by atoms with E-state index in [1.165, 1.54) is 0 Å². The quantitative estimate of drug-likeness (QED) is 0.824. The van der Waals surface area contributed by atoms with Crippen LogP contribution in [0.25, 0.3) is 0 Å². The van der Waals surface area contributed by atoms with Gasteiger partial charge in [0.15, 0.2) is 0 Å². The lowest BCUT2D eigenvalue weighted by molar-refractivity contribution is 0.167. The molecule has 0 fully saturated rings. The summed E-state index contributed by atoms with van der Waals surface area (Å²) < 4.78 is 5.17. The molecule has 2 aromatic rings. The van der Waals surface area contributed by atoms with Crippen LogP contribution in [0.15, 0.2) is 47.3 Å². The standard InChI is InChI=1S/C12H13NO2/c14-11(8-12-4-2-6-15-12)7-10-3-1-5-13-9-10/h1-6,9,11,14H,7-8H2. The SMILES string of the molecule is OC(Cc1cccnc1)Cc1ccco1. The number of nitrogens with zero attached hydrogens (tertiary/aromatic N) is 1. The first-order chi connectivity index (χ1) is 7.34. The van der Waals surface area contributed by atoms with Gasteiger partial charge in [-0.1, -0.05) is 6.07 Å². The van der Waals surface area contributed by atoms with Crippen LogP contribution in [0.1, 0.15) is 11.3 Å². The number of rotatable bonds is 4. The molecular formula is C12H13NO2. The van der Waals surface area contributed by atoms with Gasteiger partial charge in [0, 0.05) is 25.2 Å². The van der Waals surface area contributed by atoms with Crippen molar-refractivity contribution in [1.29, 1.82) is 0 Å². The van der Waals surface area contributed by atoms with Gasteiger partial charge in [0.25, 0.3) is 0 Å². The van der Waals surface area contributed by atoms with E-state index in [4.69, 9.17) is 4.42 Å². The van der Waals surface area contributed by atoms with Crippen LogP contribution < -0.4 is 0 Å². The smallest absolute Gasteiger partial charge is 0.106 e. The van der Waals surface area contributed by atoms with Gasteiger partial charge in [0.05, 0.1) is 12.4 Å². The van der Waals surface area contributed by atoms with Gasteiger partial charge in [-0.05, 0) is 23.8 Å². The van der Waals surface area contributed by atoms with E-state index >= 15 is 0 Å². The lowest BCUT2D eigenvalue weighted by Gasteiger charge is -2.08. The van der Waals surface area contributed by atoms with Gasteiger partial charge < -0.3 is 9.52 Å². The van der Waals surface area contributed by atoms with Crippen molar-refractivity contribution >= 4 is 0 Å². The zero-order valence-electron chi connectivity index (χ0n) is 8.34. The third-order valence-corrected chi connectivity index (χ3v) is 2.21. The summed E-state index contributed by atoms with van der Waals surface area (Å²) in [6, 6.07) is 7.52. The van der Waals surface area contributed by atoms with Crippen molar-refractivity contribution in [3.63, 3.8) is 0 Å². The molecule has 2 heterocycles. The molecule has 0 radical (unpaired) electrons. The highest BCUT2D eigenvalue weighted by molar-refractivity contribution is 5.10. The minimum atomic E-state index is -0.416. The van der Waals surface area contributed by atoms with Gasteiger partial charge in [0.1, 0.15) is 5.76 Å². The van der Waals surface area contributed by atoms with Crippen LogP contribution in [0.2, 0.25) is 0 Å². The van der Waals surface area contributed by atoms with Crippen molar-refractivity contribution < 1.29 is 9.52 Å². The predicted octanol–water partition coefficient (Wildman–Crippen LogP) is 1.82. The Morgan fingerprint density at radius 2 is 2.20 bits per heavy atom. The van der Waals surface area contributed by atoms with Crippen molar-refractivity contribution in [2.24, 2.45) is 0 Å². The van der Waals surface area contributed by atoms with Gasteiger partial charge in [-0.3, -0.25) is 4.98 Å². The first kappa shape index (κ1) is 9.93. The summed E-state index contributed by atoms with van der Waals surface area (Å²) in [5.41, 5.74) is 1.04. The molecule has 0 aliphatic rings. The average molecular weight is 203 g/mol. The molecule has 0 bridgehead atoms. The van der Waals surface area contributed by atoms with Crippen LogP contribution >= 0.6 is 0 Å². The Morgan fingerprint density at radius 3 is 2.87 bits per heavy atom. The van der Waals surface area contributed by atoms with Gasteiger partial charge >= 0.3 is 0 Å². The van der Waals surface area contributed by atoms with Crippen LogP contribution in [0, 0.1) is 0 Å². The second kappa shape index (κ2) is 4.75. The van der Waals surface area contributed by atoms with Gasteiger partial charge in [-0.2, -0.15) is 0 Å². The molecule has 1 unspecified atom stereocenters. The fourth-order valence-electron chi connectivity index (χ4n) is 1.52. The normalized spacial score (nSPS) is 12.6. The van der Waals surface area contributed by atoms with Crippen molar-refractivity contribution in [1.82, 2.24) is 4.98 Å². The molecule has 15 heavy (non-hydrogen) atoms. The number of aliphatic hydroxyl groups is 1. The molecule has 0 spiro atoms. The first-order valence-electron chi connectivity index (χ1n) is 4.94. The van der Waals surface area contributed by atoms with E-state index in [2.05, 4.69) is 4.98 Å². The molecule has 1 atom stereocenters. The Balaban J connectivity index is 1.90. The molecule has 0 aliphatic carbocycles. The lowest BCUT2D eigenvalue weighted by atomic mass is 10.1. The summed E-state index contributed by atoms with van der Waals surface area (Å²) in [6.07, 6.45) is 5.84. The summed E-state index contributed by atoms with van der Waals surface area (Å²) >= 11 is 0. The van der Waals surface area contributed by atoms with E-state index in [0.717, 1.165) is 11.3 Å². The molecule has 3 nitrogen and oxygen atoms in total. The number of pyridine rings is 1. The van der Waals surface area contributed by atoms with Crippen molar-refractivity contribution in [2.75, 3.05) is 0 Å². The summed E-state index contributed by atoms with van der Waals surface area (Å²) in [5, 5.41) is 9.79. The summed E-state index contributed by atoms with van der Waals surface area (Å²) in [4.78, 5) is 4.00. The van der Waals surface area contributed by atoms with Crippen LogP contribution in [-0.2, 0) is 12.8 Å². The van der Waals surface area contributed by atoms with E-state index in [9.17, 15) is 5.11 Å². The lowest BCUT2D eigenvalue weighted by Crippen LogP contribution is -2.13. The number of furan rings is 1. The number of hydrogen-bond donors (Lipinski definition) is 1. The second-order valence-electron chi connectivity index (χ2n) is 3.50. The topological polar surface area (TPSA) is 46.3 Å². The Hall–Kier alpha value is -1.61. The van der Waals surface area contributed by atoms with Gasteiger partial charge in [0.2, 0.25) is 0 Å². The van der Waals surface area contributed by atoms with Gasteiger partial charge in [-0.15, -0.1) is 0 Å². The summed E-state index contributed by atoms with van der Waals surface area (Å²) in [6.45, 7) is 0. The molecule has 0 aliphatic heterocycles. The molecule has 0 amide bonds. The van der Waals surface area contributed by atoms with Crippen molar-refractivity contribution in [2.45, 2.75) is 18.9 Å². The van der Waals surface area contributed by atoms with E-state index in [1.54, 1.807) is 18.7 Å². The van der Waals surface area contributed by atoms with Crippen LogP contribution in [0.3, 0.4) is 0 Å². The number of aromatic nitrogens is 1. The molecular weight excluding hydrogens is 190 g/mol. The zero-order valence-corrected chi connectivity index (χ0v) is 8.34. The van der Waals surface area contributed by atoms with Gasteiger partial charge in [-0.25, -0.2) is 0 Å². The van der Waals surface area contributed by atoms with Crippen LogP contribution in [0.4, 0.5) is 0 Å². The van der Waals surface area contributed by atoms with Crippen molar-refractivity contribution in [3.05, 3.63) is 54.2 Å². The van der Waals surface area contributed by atoms with E-state index in [0.29, 0.717) is 12.8 Å². The Morgan fingerprint density at radius 1 is 1.27 bits per heavy atom. The maximum Gasteiger partial charge on any atom is 0.106 e. The monoisotopic (exact) mass is 203 g/mol. The highest BCUT2D eigenvalue weighted by Gasteiger charge is 2.08. The average Bonchev–Trinajstić information content (AvgIpc) is 2.71. The summed E-state index contributed by atoms with van der Waals surface area (Å²) in [5.74, 6) is 0.811. The highest BCUT2D eigenvalue weighted by atomic mass is 16.3. The summed E-state index contributed by atoms with van der Waals surface area (Å²) in [7, 11) is 0. The number of aliphatic hydroxyl groups excluding tert-OH is 1. The highest BCUT2D eigenvalue weighted by Crippen LogP contribution is 2.08. The molecule has 0 saturated heterocycles. The van der Waals surface area contributed by atoms with Crippen LogP contribution in [0.5, 0.6) is 0 Å². The second-order valence-corrected chi connectivity index (χ2v) is 3.50. The third-order valence-electron chi connectivity index (χ3n) is 2.21. The number of hydrogen-bond acceptors (Lipinski definition) is 3. The van der Waals surface area contributed by atoms with E-state index < -0.39 is 6.10 Å². The Kier molecular flexibility index (Phi) is 3.15. The Labute approximate surface area is 88.4 Å². The van der Waals surface area contributed by atoms with E-state index in [1.807, 2.05) is 24.3 Å². The predicted molar refractivity (Wildman–Crippen MR) is 56.4 cm³/mol. The molecule has 0 aromatic carbocycles. The minimum Gasteiger partial charge on any atom is -0.469 e. The maximum absolute atomic E-state index is 9.79. The largest absolute Gasteiger partial charge is 0.469 e. The fraction of sp³-hybridized carbons (Fsp3) is 0.250. The van der Waals surface area contributed by atoms with Crippen molar-refractivity contribution in [3.8, 4) is 0 Å². The first-order valence-corrected chi connectivity index (χ1v) is 4.94. The maximum atomic E-state index is 9.79. The molecule has 78 valence electrons. The minimum absolute atomic E-state index is 0.416. The Bertz CT molecular complexity index is 383.